The van der Waals surface area contributed by atoms with Gasteiger partial charge < -0.3 is 24.3 Å². The van der Waals surface area contributed by atoms with E-state index < -0.39 is 47.4 Å². The highest BCUT2D eigenvalue weighted by Gasteiger charge is 2.60. The molecule has 0 N–H and O–H groups in total. The molecule has 25 heavy (non-hydrogen) atoms. The Kier molecular flexibility index (Phi) is 6.47. The molecule has 0 unspecified atom stereocenters. The Balaban J connectivity index is 3.20. The molecule has 0 aromatic rings. The first-order valence-corrected chi connectivity index (χ1v) is 7.08. The number of esters is 1. The van der Waals surface area contributed by atoms with E-state index in [1.165, 1.54) is 20.8 Å². The zero-order valence-corrected chi connectivity index (χ0v) is 14.1. The van der Waals surface area contributed by atoms with Gasteiger partial charge >= 0.3 is 23.4 Å². The van der Waals surface area contributed by atoms with Gasteiger partial charge in [-0.25, -0.2) is 9.59 Å². The smallest absolute Gasteiger partial charge is 0.484 e. The van der Waals surface area contributed by atoms with Gasteiger partial charge in [0, 0.05) is 12.0 Å². The molecule has 0 radical (unpaired) electrons. The monoisotopic (exact) mass is 362 g/mol. The number of carbonyl (C=O) groups excluding carboxylic acids is 2. The minimum Gasteiger partial charge on any atom is -0.594 e. The summed E-state index contributed by atoms with van der Waals surface area (Å²) in [4.78, 5) is 36.8. The van der Waals surface area contributed by atoms with Gasteiger partial charge in [0.1, 0.15) is 4.92 Å². The molecule has 0 bridgehead atoms. The van der Waals surface area contributed by atoms with Crippen LogP contribution in [0.25, 0.3) is 0 Å². The number of nitro groups is 1. The Bertz CT molecular complexity index is 604. The zero-order valence-electron chi connectivity index (χ0n) is 14.1. The zero-order chi connectivity index (χ0) is 19.3. The summed E-state index contributed by atoms with van der Waals surface area (Å²) in [6, 6.07) is 0. The van der Waals surface area contributed by atoms with Gasteiger partial charge in [-0.05, 0) is 30.8 Å². The SMILES string of the molecule is CCOC(=O)/C(N=[N+]([O-])C1([N+](=O)[O-])COC(C)(C)OC1)=N\OC(C)=O. The van der Waals surface area contributed by atoms with Crippen molar-refractivity contribution in [3.8, 4) is 0 Å². The molecule has 0 aromatic carbocycles. The normalized spacial score (nSPS) is 19.8. The van der Waals surface area contributed by atoms with E-state index in [2.05, 4.69) is 19.8 Å². The molecule has 1 fully saturated rings. The van der Waals surface area contributed by atoms with Crippen LogP contribution in [0.1, 0.15) is 27.7 Å². The number of hydrogen-bond acceptors (Lipinski definition) is 10. The fourth-order valence-corrected chi connectivity index (χ4v) is 1.53. The van der Waals surface area contributed by atoms with E-state index in [1.54, 1.807) is 0 Å². The van der Waals surface area contributed by atoms with Crippen molar-refractivity contribution in [1.29, 1.82) is 0 Å². The first-order chi connectivity index (χ1) is 11.5. The molecule has 1 aliphatic rings. The van der Waals surface area contributed by atoms with Crippen LogP contribution in [0, 0.1) is 15.3 Å². The van der Waals surface area contributed by atoms with E-state index in [0.29, 0.717) is 0 Å². The van der Waals surface area contributed by atoms with Crippen molar-refractivity contribution in [2.75, 3.05) is 19.8 Å². The third-order valence-corrected chi connectivity index (χ3v) is 2.90. The predicted molar refractivity (Wildman–Crippen MR) is 77.6 cm³/mol. The van der Waals surface area contributed by atoms with Crippen LogP contribution in [-0.4, -0.2) is 58.8 Å². The van der Waals surface area contributed by atoms with E-state index >= 15 is 0 Å². The van der Waals surface area contributed by atoms with Gasteiger partial charge in [0.05, 0.1) is 6.61 Å². The molecule has 140 valence electrons. The molecular weight excluding hydrogens is 344 g/mol. The lowest BCUT2D eigenvalue weighted by Crippen LogP contribution is -2.60. The van der Waals surface area contributed by atoms with Crippen LogP contribution in [-0.2, 0) is 28.6 Å². The maximum atomic E-state index is 12.3. The Morgan fingerprint density at radius 3 is 2.24 bits per heavy atom. The van der Waals surface area contributed by atoms with E-state index in [0.717, 1.165) is 6.92 Å². The highest BCUT2D eigenvalue weighted by molar-refractivity contribution is 6.35. The molecule has 0 saturated carbocycles. The maximum absolute atomic E-state index is 12.3. The lowest BCUT2D eigenvalue weighted by molar-refractivity contribution is -0.825. The first-order valence-electron chi connectivity index (χ1n) is 7.08. The standard InChI is InChI=1S/C12H18N4O9/c1-5-22-10(18)9(14-25-8(2)17)13-15(19)12(16(20)21)6-23-11(3,4)24-7-12/h5-7H2,1-4H3/b14-9+,15-13?. The minimum absolute atomic E-state index is 0.0902. The maximum Gasteiger partial charge on any atom is 0.484 e. The molecule has 1 saturated heterocycles. The Labute approximate surface area is 141 Å². The number of ether oxygens (including phenoxy) is 3. The van der Waals surface area contributed by atoms with Crippen molar-refractivity contribution in [3.05, 3.63) is 15.3 Å². The van der Waals surface area contributed by atoms with Gasteiger partial charge in [-0.1, -0.05) is 0 Å². The quantitative estimate of drug-likeness (QED) is 0.0778. The second-order valence-corrected chi connectivity index (χ2v) is 5.31. The fourth-order valence-electron chi connectivity index (χ4n) is 1.53. The molecular formula is C12H18N4O9. The van der Waals surface area contributed by atoms with Crippen molar-refractivity contribution in [2.24, 2.45) is 10.3 Å². The average Bonchev–Trinajstić information content (AvgIpc) is 2.51. The van der Waals surface area contributed by atoms with Gasteiger partial charge in [0.15, 0.2) is 19.0 Å². The van der Waals surface area contributed by atoms with Gasteiger partial charge in [-0.2, -0.15) is 0 Å². The third kappa shape index (κ3) is 5.15. The van der Waals surface area contributed by atoms with Crippen molar-refractivity contribution in [1.82, 2.24) is 0 Å². The molecule has 13 nitrogen and oxygen atoms in total. The second-order valence-electron chi connectivity index (χ2n) is 5.31. The van der Waals surface area contributed by atoms with Crippen molar-refractivity contribution < 1.29 is 38.4 Å². The largest absolute Gasteiger partial charge is 0.594 e. The van der Waals surface area contributed by atoms with Crippen LogP contribution in [0.5, 0.6) is 0 Å². The van der Waals surface area contributed by atoms with E-state index in [-0.39, 0.29) is 11.5 Å². The highest BCUT2D eigenvalue weighted by atomic mass is 16.7. The van der Waals surface area contributed by atoms with Gasteiger partial charge in [-0.3, -0.25) is 10.1 Å². The number of amidine groups is 1. The number of nitrogens with zero attached hydrogens (tertiary/aromatic N) is 4. The number of hydrogen-bond donors (Lipinski definition) is 0. The molecule has 0 aromatic heterocycles. The van der Waals surface area contributed by atoms with Crippen LogP contribution in [0.3, 0.4) is 0 Å². The molecule has 0 spiro atoms. The van der Waals surface area contributed by atoms with Crippen molar-refractivity contribution in [3.63, 3.8) is 0 Å². The highest BCUT2D eigenvalue weighted by Crippen LogP contribution is 2.26. The lowest BCUT2D eigenvalue weighted by atomic mass is 10.2. The molecule has 1 rings (SSSR count). The minimum atomic E-state index is -2.45. The molecule has 1 aliphatic heterocycles. The van der Waals surface area contributed by atoms with Gasteiger partial charge in [-0.15, -0.1) is 0 Å². The third-order valence-electron chi connectivity index (χ3n) is 2.90. The fraction of sp³-hybridized carbons (Fsp3) is 0.750. The van der Waals surface area contributed by atoms with Crippen LogP contribution < -0.4 is 0 Å². The number of carbonyl (C=O) groups is 2. The number of azo groups is 1. The summed E-state index contributed by atoms with van der Waals surface area (Å²) in [5.74, 6) is -4.21. The predicted octanol–water partition coefficient (Wildman–Crippen LogP) is 0.144. The molecule has 1 heterocycles. The lowest BCUT2D eigenvalue weighted by Gasteiger charge is -2.34. The van der Waals surface area contributed by atoms with Crippen molar-refractivity contribution in [2.45, 2.75) is 39.1 Å². The van der Waals surface area contributed by atoms with E-state index in [1.807, 2.05) is 0 Å². The summed E-state index contributed by atoms with van der Waals surface area (Å²) in [7, 11) is 0. The molecule has 0 amide bonds. The summed E-state index contributed by atoms with van der Waals surface area (Å²) in [6.45, 7) is 4.06. The Hall–Kier alpha value is -2.67. The number of rotatable bonds is 4. The molecule has 0 atom stereocenters. The summed E-state index contributed by atoms with van der Waals surface area (Å²) < 4.78 is 14.9. The molecule has 13 heteroatoms. The second kappa shape index (κ2) is 7.94. The summed E-state index contributed by atoms with van der Waals surface area (Å²) in [5.41, 5.74) is -2.45. The van der Waals surface area contributed by atoms with Crippen LogP contribution in [0.15, 0.2) is 10.3 Å². The summed E-state index contributed by atoms with van der Waals surface area (Å²) in [5, 5.41) is 29.9. The summed E-state index contributed by atoms with van der Waals surface area (Å²) >= 11 is 0. The Morgan fingerprint density at radius 1 is 1.24 bits per heavy atom. The first kappa shape index (κ1) is 20.4. The average molecular weight is 362 g/mol. The van der Waals surface area contributed by atoms with Crippen LogP contribution in [0.2, 0.25) is 0 Å². The van der Waals surface area contributed by atoms with Crippen molar-refractivity contribution >= 4 is 17.8 Å². The number of hydroxylamine groups is 1. The molecule has 0 aliphatic carbocycles. The van der Waals surface area contributed by atoms with Crippen LogP contribution >= 0.6 is 0 Å². The number of oxime groups is 1. The van der Waals surface area contributed by atoms with Gasteiger partial charge in [0.25, 0.3) is 0 Å². The van der Waals surface area contributed by atoms with E-state index in [9.17, 15) is 24.9 Å². The topological polar surface area (TPSA) is 165 Å². The van der Waals surface area contributed by atoms with Crippen LogP contribution in [0.4, 0.5) is 0 Å². The van der Waals surface area contributed by atoms with Gasteiger partial charge in [0.2, 0.25) is 0 Å². The Morgan fingerprint density at radius 2 is 1.80 bits per heavy atom. The van der Waals surface area contributed by atoms with E-state index in [4.69, 9.17) is 9.47 Å². The summed E-state index contributed by atoms with van der Waals surface area (Å²) in [6.07, 6.45) is 0.